The molecule has 4 nitrogen and oxygen atoms in total. The maximum absolute atomic E-state index is 13.8. The van der Waals surface area contributed by atoms with Crippen molar-refractivity contribution in [1.82, 2.24) is 5.32 Å². The van der Waals surface area contributed by atoms with Crippen molar-refractivity contribution in [3.8, 4) is 0 Å². The topological polar surface area (TPSA) is 58.2 Å². The molecule has 0 aromatic heterocycles. The van der Waals surface area contributed by atoms with Crippen molar-refractivity contribution < 1.29 is 14.0 Å². The number of benzene rings is 3. The first-order valence-electron chi connectivity index (χ1n) is 8.94. The second-order valence-corrected chi connectivity index (χ2v) is 6.63. The van der Waals surface area contributed by atoms with E-state index in [2.05, 4.69) is 10.6 Å². The Morgan fingerprint density at radius 2 is 1.61 bits per heavy atom. The van der Waals surface area contributed by atoms with Crippen molar-refractivity contribution in [2.75, 3.05) is 5.32 Å². The van der Waals surface area contributed by atoms with Crippen LogP contribution in [0.1, 0.15) is 37.4 Å². The molecule has 0 aliphatic carbocycles. The number of nitrogens with one attached hydrogen (secondary N) is 2. The molecule has 5 heteroatoms. The average molecular weight is 376 g/mol. The van der Waals surface area contributed by atoms with Crippen LogP contribution in [0.25, 0.3) is 0 Å². The predicted octanol–water partition coefficient (Wildman–Crippen LogP) is 4.62. The van der Waals surface area contributed by atoms with E-state index in [9.17, 15) is 14.0 Å². The molecule has 2 N–H and O–H groups in total. The van der Waals surface area contributed by atoms with Gasteiger partial charge in [-0.2, -0.15) is 0 Å². The van der Waals surface area contributed by atoms with Crippen LogP contribution in [-0.4, -0.2) is 11.8 Å². The molecule has 0 atom stereocenters. The summed E-state index contributed by atoms with van der Waals surface area (Å²) in [5, 5.41) is 5.55. The number of carbonyl (C=O) groups excluding carboxylic acids is 2. The number of halogens is 1. The lowest BCUT2D eigenvalue weighted by atomic mass is 10.1. The maximum atomic E-state index is 13.8. The molecule has 0 spiro atoms. The van der Waals surface area contributed by atoms with Crippen LogP contribution in [-0.2, 0) is 6.54 Å². The van der Waals surface area contributed by atoms with Gasteiger partial charge in [0.05, 0.1) is 5.56 Å². The van der Waals surface area contributed by atoms with Gasteiger partial charge in [0.1, 0.15) is 5.82 Å². The van der Waals surface area contributed by atoms with Gasteiger partial charge in [-0.3, -0.25) is 9.59 Å². The Morgan fingerprint density at radius 1 is 0.893 bits per heavy atom. The van der Waals surface area contributed by atoms with E-state index in [-0.39, 0.29) is 11.5 Å². The first-order valence-corrected chi connectivity index (χ1v) is 8.94. The first kappa shape index (κ1) is 19.3. The van der Waals surface area contributed by atoms with Crippen LogP contribution >= 0.6 is 0 Å². The highest BCUT2D eigenvalue weighted by molar-refractivity contribution is 6.05. The smallest absolute Gasteiger partial charge is 0.258 e. The fourth-order valence-electron chi connectivity index (χ4n) is 2.72. The number of rotatable bonds is 5. The van der Waals surface area contributed by atoms with E-state index in [0.29, 0.717) is 17.8 Å². The fourth-order valence-corrected chi connectivity index (χ4v) is 2.72. The normalized spacial score (nSPS) is 10.4. The van der Waals surface area contributed by atoms with Crippen LogP contribution in [0.5, 0.6) is 0 Å². The molecule has 0 bridgehead atoms. The maximum Gasteiger partial charge on any atom is 0.258 e. The van der Waals surface area contributed by atoms with Crippen LogP contribution in [0.2, 0.25) is 0 Å². The van der Waals surface area contributed by atoms with Crippen LogP contribution in [0.3, 0.4) is 0 Å². The lowest BCUT2D eigenvalue weighted by Gasteiger charge is -2.12. The monoisotopic (exact) mass is 376 g/mol. The largest absolute Gasteiger partial charge is 0.348 e. The summed E-state index contributed by atoms with van der Waals surface area (Å²) < 4.78 is 13.8. The van der Waals surface area contributed by atoms with E-state index >= 15 is 0 Å². The van der Waals surface area contributed by atoms with Gasteiger partial charge in [-0.1, -0.05) is 48.0 Å². The molecule has 0 saturated heterocycles. The molecule has 3 aromatic carbocycles. The number of anilines is 1. The molecular formula is C23H21FN2O2. The second-order valence-electron chi connectivity index (χ2n) is 6.63. The van der Waals surface area contributed by atoms with Gasteiger partial charge in [0.25, 0.3) is 11.8 Å². The number of aryl methyl sites for hydroxylation is 2. The summed E-state index contributed by atoms with van der Waals surface area (Å²) in [6.45, 7) is 4.22. The van der Waals surface area contributed by atoms with E-state index < -0.39 is 11.7 Å². The van der Waals surface area contributed by atoms with Crippen molar-refractivity contribution in [2.24, 2.45) is 0 Å². The SMILES string of the molecule is Cc1ccc(CNC(=O)c2ccc(C)c(NC(=O)c3ccccc3F)c2)cc1. The third-order valence-corrected chi connectivity index (χ3v) is 4.44. The Morgan fingerprint density at radius 3 is 2.32 bits per heavy atom. The zero-order valence-electron chi connectivity index (χ0n) is 15.8. The van der Waals surface area contributed by atoms with Crippen LogP contribution in [0.4, 0.5) is 10.1 Å². The Kier molecular flexibility index (Phi) is 5.84. The van der Waals surface area contributed by atoms with Crippen LogP contribution in [0.15, 0.2) is 66.7 Å². The lowest BCUT2D eigenvalue weighted by molar-refractivity contribution is 0.0949. The summed E-state index contributed by atoms with van der Waals surface area (Å²) in [7, 11) is 0. The number of hydrogen-bond donors (Lipinski definition) is 2. The van der Waals surface area contributed by atoms with Gasteiger partial charge >= 0.3 is 0 Å². The highest BCUT2D eigenvalue weighted by Crippen LogP contribution is 2.19. The molecule has 3 aromatic rings. The van der Waals surface area contributed by atoms with Crippen molar-refractivity contribution >= 4 is 17.5 Å². The zero-order chi connectivity index (χ0) is 20.1. The molecule has 0 saturated carbocycles. The van der Waals surface area contributed by atoms with E-state index in [0.717, 1.165) is 16.7 Å². The van der Waals surface area contributed by atoms with E-state index in [1.165, 1.54) is 18.2 Å². The molecule has 28 heavy (non-hydrogen) atoms. The highest BCUT2D eigenvalue weighted by atomic mass is 19.1. The van der Waals surface area contributed by atoms with E-state index in [1.54, 1.807) is 24.3 Å². The number of carbonyl (C=O) groups is 2. The molecule has 3 rings (SSSR count). The molecule has 0 radical (unpaired) electrons. The summed E-state index contributed by atoms with van der Waals surface area (Å²) in [6, 6.07) is 18.7. The van der Waals surface area contributed by atoms with Gasteiger partial charge in [0.2, 0.25) is 0 Å². The van der Waals surface area contributed by atoms with Crippen molar-refractivity contribution in [1.29, 1.82) is 0 Å². The molecular weight excluding hydrogens is 355 g/mol. The summed E-state index contributed by atoms with van der Waals surface area (Å²) >= 11 is 0. The summed E-state index contributed by atoms with van der Waals surface area (Å²) in [6.07, 6.45) is 0. The summed E-state index contributed by atoms with van der Waals surface area (Å²) in [5.41, 5.74) is 3.77. The standard InChI is InChI=1S/C23H21FN2O2/c1-15-7-10-17(11-8-15)14-25-22(27)18-12-9-16(2)21(13-18)26-23(28)19-5-3-4-6-20(19)24/h3-13H,14H2,1-2H3,(H,25,27)(H,26,28). The molecule has 2 amide bonds. The Bertz CT molecular complexity index is 1010. The van der Waals surface area contributed by atoms with Crippen LogP contribution in [0, 0.1) is 19.7 Å². The van der Waals surface area contributed by atoms with Crippen molar-refractivity contribution in [3.63, 3.8) is 0 Å². The molecule has 0 unspecified atom stereocenters. The lowest BCUT2D eigenvalue weighted by Crippen LogP contribution is -2.23. The second kappa shape index (κ2) is 8.48. The minimum absolute atomic E-state index is 0.0453. The molecule has 0 aliphatic rings. The third kappa shape index (κ3) is 4.62. The molecule has 0 fully saturated rings. The highest BCUT2D eigenvalue weighted by Gasteiger charge is 2.14. The van der Waals surface area contributed by atoms with E-state index in [1.807, 2.05) is 38.1 Å². The fraction of sp³-hybridized carbons (Fsp3) is 0.130. The zero-order valence-corrected chi connectivity index (χ0v) is 15.8. The Hall–Kier alpha value is -3.47. The number of amides is 2. The van der Waals surface area contributed by atoms with Gasteiger partial charge in [0.15, 0.2) is 0 Å². The minimum Gasteiger partial charge on any atom is -0.348 e. The van der Waals surface area contributed by atoms with Gasteiger partial charge < -0.3 is 10.6 Å². The minimum atomic E-state index is -0.593. The van der Waals surface area contributed by atoms with Crippen LogP contribution < -0.4 is 10.6 Å². The summed E-state index contributed by atoms with van der Waals surface area (Å²) in [5.74, 6) is -1.40. The van der Waals surface area contributed by atoms with Gasteiger partial charge in [-0.15, -0.1) is 0 Å². The molecule has 0 aliphatic heterocycles. The Labute approximate surface area is 163 Å². The molecule has 142 valence electrons. The van der Waals surface area contributed by atoms with Crippen molar-refractivity contribution in [3.05, 3.63) is 100 Å². The third-order valence-electron chi connectivity index (χ3n) is 4.44. The number of hydrogen-bond acceptors (Lipinski definition) is 2. The van der Waals surface area contributed by atoms with Gasteiger partial charge in [-0.05, 0) is 49.2 Å². The summed E-state index contributed by atoms with van der Waals surface area (Å²) in [4.78, 5) is 24.8. The predicted molar refractivity (Wildman–Crippen MR) is 108 cm³/mol. The van der Waals surface area contributed by atoms with Crippen molar-refractivity contribution in [2.45, 2.75) is 20.4 Å². The Balaban J connectivity index is 1.71. The van der Waals surface area contributed by atoms with Gasteiger partial charge in [-0.25, -0.2) is 4.39 Å². The van der Waals surface area contributed by atoms with Gasteiger partial charge in [0, 0.05) is 17.8 Å². The molecule has 0 heterocycles. The average Bonchev–Trinajstić information content (AvgIpc) is 2.69. The quantitative estimate of drug-likeness (QED) is 0.682. The first-order chi connectivity index (χ1) is 13.4. The van der Waals surface area contributed by atoms with E-state index in [4.69, 9.17) is 0 Å².